The van der Waals surface area contributed by atoms with Gasteiger partial charge in [0.1, 0.15) is 5.82 Å². The number of fused-ring (bicyclic) bond motifs is 5. The summed E-state index contributed by atoms with van der Waals surface area (Å²) in [5.74, 6) is 0.987. The summed E-state index contributed by atoms with van der Waals surface area (Å²) in [5, 5.41) is 2.42. The van der Waals surface area contributed by atoms with E-state index in [-0.39, 0.29) is 0 Å². The van der Waals surface area contributed by atoms with Crippen LogP contribution in [0.3, 0.4) is 0 Å². The van der Waals surface area contributed by atoms with Gasteiger partial charge in [-0.1, -0.05) is 66.7 Å². The number of hydrogen-bond donors (Lipinski definition) is 0. The minimum absolute atomic E-state index is 0.987. The third-order valence-corrected chi connectivity index (χ3v) is 4.36. The minimum Gasteiger partial charge on any atom is -0.293 e. The Hall–Kier alpha value is -3.13. The van der Waals surface area contributed by atoms with Crippen molar-refractivity contribution in [1.29, 1.82) is 0 Å². The summed E-state index contributed by atoms with van der Waals surface area (Å²) in [4.78, 5) is 4.96. The van der Waals surface area contributed by atoms with Gasteiger partial charge >= 0.3 is 0 Å². The van der Waals surface area contributed by atoms with Crippen LogP contribution in [0.25, 0.3) is 38.7 Å². The number of para-hydroxylation sites is 2. The van der Waals surface area contributed by atoms with E-state index < -0.39 is 0 Å². The van der Waals surface area contributed by atoms with Crippen LogP contribution in [0, 0.1) is 0 Å². The molecule has 0 aliphatic rings. The third-order valence-electron chi connectivity index (χ3n) is 4.36. The Bertz CT molecular complexity index is 1150. The number of nitrogens with zero attached hydrogens (tertiary/aromatic N) is 2. The summed E-state index contributed by atoms with van der Waals surface area (Å²) in [6.45, 7) is 0. The number of benzene rings is 3. The van der Waals surface area contributed by atoms with Gasteiger partial charge in [0.25, 0.3) is 0 Å². The van der Waals surface area contributed by atoms with Crippen molar-refractivity contribution in [3.63, 3.8) is 0 Å². The van der Waals surface area contributed by atoms with Gasteiger partial charge in [0.15, 0.2) is 0 Å². The average molecular weight is 294 g/mol. The van der Waals surface area contributed by atoms with Gasteiger partial charge in [-0.2, -0.15) is 0 Å². The molecule has 0 radical (unpaired) electrons. The molecular formula is C21H14N2. The fourth-order valence-electron chi connectivity index (χ4n) is 3.31. The molecule has 0 spiro atoms. The third kappa shape index (κ3) is 1.78. The quantitative estimate of drug-likeness (QED) is 0.409. The highest BCUT2D eigenvalue weighted by atomic mass is 15.0. The van der Waals surface area contributed by atoms with Crippen LogP contribution in [0.2, 0.25) is 0 Å². The Morgan fingerprint density at radius 2 is 1.39 bits per heavy atom. The van der Waals surface area contributed by atoms with E-state index in [0.717, 1.165) is 16.9 Å². The molecule has 0 N–H and O–H groups in total. The molecule has 5 aromatic rings. The van der Waals surface area contributed by atoms with E-state index in [2.05, 4.69) is 77.2 Å². The summed E-state index contributed by atoms with van der Waals surface area (Å²) in [6, 6.07) is 29.5. The van der Waals surface area contributed by atoms with Gasteiger partial charge in [0, 0.05) is 16.3 Å². The minimum atomic E-state index is 0.987. The SMILES string of the molecule is c1ccc(-c2nc3ccccc3c3cc4ccccc4n23)cc1. The van der Waals surface area contributed by atoms with Crippen LogP contribution < -0.4 is 0 Å². The van der Waals surface area contributed by atoms with Gasteiger partial charge in [0.05, 0.1) is 16.6 Å². The van der Waals surface area contributed by atoms with Crippen LogP contribution in [-0.2, 0) is 0 Å². The zero-order valence-corrected chi connectivity index (χ0v) is 12.5. The molecule has 0 saturated carbocycles. The lowest BCUT2D eigenvalue weighted by atomic mass is 10.1. The van der Waals surface area contributed by atoms with Crippen LogP contribution in [0.4, 0.5) is 0 Å². The van der Waals surface area contributed by atoms with Crippen molar-refractivity contribution in [3.8, 4) is 11.4 Å². The number of rotatable bonds is 1. The molecule has 0 aliphatic carbocycles. The van der Waals surface area contributed by atoms with Crippen molar-refractivity contribution in [3.05, 3.63) is 84.9 Å². The van der Waals surface area contributed by atoms with E-state index in [0.29, 0.717) is 0 Å². The summed E-state index contributed by atoms with van der Waals surface area (Å²) in [6.07, 6.45) is 0. The molecule has 0 unspecified atom stereocenters. The van der Waals surface area contributed by atoms with Crippen LogP contribution in [0.15, 0.2) is 84.9 Å². The molecular weight excluding hydrogens is 280 g/mol. The van der Waals surface area contributed by atoms with Gasteiger partial charge in [-0.05, 0) is 18.2 Å². The molecule has 0 aliphatic heterocycles. The van der Waals surface area contributed by atoms with Crippen molar-refractivity contribution >= 4 is 27.3 Å². The van der Waals surface area contributed by atoms with Crippen LogP contribution in [0.5, 0.6) is 0 Å². The second kappa shape index (κ2) is 4.68. The lowest BCUT2D eigenvalue weighted by Crippen LogP contribution is -1.97. The van der Waals surface area contributed by atoms with E-state index in [9.17, 15) is 0 Å². The van der Waals surface area contributed by atoms with Crippen molar-refractivity contribution in [2.45, 2.75) is 0 Å². The van der Waals surface area contributed by atoms with Gasteiger partial charge < -0.3 is 0 Å². The molecule has 0 bridgehead atoms. The summed E-state index contributed by atoms with van der Waals surface area (Å²) in [5.41, 5.74) is 4.56. The molecule has 23 heavy (non-hydrogen) atoms. The Morgan fingerprint density at radius 3 is 2.30 bits per heavy atom. The zero-order valence-electron chi connectivity index (χ0n) is 12.5. The smallest absolute Gasteiger partial charge is 0.145 e. The van der Waals surface area contributed by atoms with Crippen molar-refractivity contribution in [2.75, 3.05) is 0 Å². The van der Waals surface area contributed by atoms with E-state index >= 15 is 0 Å². The largest absolute Gasteiger partial charge is 0.293 e. The Morgan fingerprint density at radius 1 is 0.652 bits per heavy atom. The molecule has 2 heterocycles. The highest BCUT2D eigenvalue weighted by Crippen LogP contribution is 2.31. The highest BCUT2D eigenvalue weighted by molar-refractivity contribution is 6.02. The van der Waals surface area contributed by atoms with Crippen molar-refractivity contribution in [2.24, 2.45) is 0 Å². The van der Waals surface area contributed by atoms with Crippen LogP contribution >= 0.6 is 0 Å². The molecule has 108 valence electrons. The number of hydrogen-bond acceptors (Lipinski definition) is 1. The molecule has 2 aromatic heterocycles. The molecule has 2 nitrogen and oxygen atoms in total. The summed E-state index contributed by atoms with van der Waals surface area (Å²) >= 11 is 0. The first-order valence-corrected chi connectivity index (χ1v) is 7.76. The monoisotopic (exact) mass is 294 g/mol. The molecule has 0 fully saturated rings. The maximum absolute atomic E-state index is 4.96. The Balaban J connectivity index is 2.06. The first-order chi connectivity index (χ1) is 11.4. The predicted octanol–water partition coefficient (Wildman–Crippen LogP) is 5.31. The molecule has 3 aromatic carbocycles. The molecule has 5 rings (SSSR count). The van der Waals surface area contributed by atoms with Crippen LogP contribution in [-0.4, -0.2) is 9.38 Å². The zero-order chi connectivity index (χ0) is 15.2. The maximum atomic E-state index is 4.96. The highest BCUT2D eigenvalue weighted by Gasteiger charge is 2.13. The summed E-state index contributed by atoms with van der Waals surface area (Å²) in [7, 11) is 0. The second-order valence-corrected chi connectivity index (χ2v) is 5.74. The first kappa shape index (κ1) is 12.4. The second-order valence-electron chi connectivity index (χ2n) is 5.74. The van der Waals surface area contributed by atoms with E-state index in [1.807, 2.05) is 12.1 Å². The first-order valence-electron chi connectivity index (χ1n) is 7.76. The standard InChI is InChI=1S/C21H14N2/c1-2-8-15(9-3-1)21-22-18-12-6-5-11-17(18)20-14-16-10-4-7-13-19(16)23(20)21/h1-14H. The Kier molecular flexibility index (Phi) is 2.53. The van der Waals surface area contributed by atoms with Gasteiger partial charge in [0.2, 0.25) is 0 Å². The van der Waals surface area contributed by atoms with Gasteiger partial charge in [-0.3, -0.25) is 4.40 Å². The van der Waals surface area contributed by atoms with Crippen LogP contribution in [0.1, 0.15) is 0 Å². The summed E-state index contributed by atoms with van der Waals surface area (Å²) < 4.78 is 2.27. The van der Waals surface area contributed by atoms with E-state index in [1.54, 1.807) is 0 Å². The molecule has 2 heteroatoms. The molecule has 0 saturated heterocycles. The Labute approximate surface area is 133 Å². The van der Waals surface area contributed by atoms with E-state index in [4.69, 9.17) is 4.98 Å². The normalized spacial score (nSPS) is 11.5. The van der Waals surface area contributed by atoms with Gasteiger partial charge in [-0.25, -0.2) is 4.98 Å². The number of aromatic nitrogens is 2. The van der Waals surface area contributed by atoms with Gasteiger partial charge in [-0.15, -0.1) is 0 Å². The molecule has 0 atom stereocenters. The fourth-order valence-corrected chi connectivity index (χ4v) is 3.31. The predicted molar refractivity (Wildman–Crippen MR) is 95.6 cm³/mol. The topological polar surface area (TPSA) is 17.3 Å². The fraction of sp³-hybridized carbons (Fsp3) is 0. The lowest BCUT2D eigenvalue weighted by molar-refractivity contribution is 1.17. The van der Waals surface area contributed by atoms with E-state index in [1.165, 1.54) is 21.8 Å². The maximum Gasteiger partial charge on any atom is 0.145 e. The van der Waals surface area contributed by atoms with Crippen molar-refractivity contribution in [1.82, 2.24) is 9.38 Å². The average Bonchev–Trinajstić information content (AvgIpc) is 3.02. The van der Waals surface area contributed by atoms with Crippen molar-refractivity contribution < 1.29 is 0 Å². The lowest BCUT2D eigenvalue weighted by Gasteiger charge is -2.10. The molecule has 0 amide bonds.